The normalized spacial score (nSPS) is 18.0. The van der Waals surface area contributed by atoms with Gasteiger partial charge in [0.1, 0.15) is 16.3 Å². The number of nitrogens with zero attached hydrogens (tertiary/aromatic N) is 2. The summed E-state index contributed by atoms with van der Waals surface area (Å²) in [6, 6.07) is 5.21. The maximum absolute atomic E-state index is 14.2. The molecule has 1 unspecified atom stereocenters. The molecule has 1 atom stereocenters. The molecule has 0 spiro atoms. The molecule has 1 aliphatic rings. The van der Waals surface area contributed by atoms with Crippen molar-refractivity contribution in [1.29, 1.82) is 0 Å². The predicted molar refractivity (Wildman–Crippen MR) is 98.4 cm³/mol. The van der Waals surface area contributed by atoms with E-state index in [2.05, 4.69) is 15.7 Å². The molecule has 1 aromatic carbocycles. The molecule has 0 saturated carbocycles. The lowest BCUT2D eigenvalue weighted by Crippen LogP contribution is -2.55. The molecule has 9 heteroatoms. The number of rotatable bonds is 5. The molecule has 7 nitrogen and oxygen atoms in total. The van der Waals surface area contributed by atoms with E-state index in [9.17, 15) is 17.6 Å². The smallest absolute Gasteiger partial charge is 0.248 e. The van der Waals surface area contributed by atoms with Crippen LogP contribution in [0.25, 0.3) is 0 Å². The Bertz CT molecular complexity index is 922. The topological polar surface area (TPSA) is 93.1 Å². The van der Waals surface area contributed by atoms with Crippen LogP contribution in [0, 0.1) is 5.82 Å². The quantitative estimate of drug-likeness (QED) is 0.799. The van der Waals surface area contributed by atoms with Gasteiger partial charge in [-0.05, 0) is 56.6 Å². The van der Waals surface area contributed by atoms with E-state index in [1.54, 1.807) is 30.1 Å². The Labute approximate surface area is 157 Å². The van der Waals surface area contributed by atoms with Gasteiger partial charge in [-0.25, -0.2) is 12.8 Å². The van der Waals surface area contributed by atoms with Gasteiger partial charge >= 0.3 is 0 Å². The molecule has 1 fully saturated rings. The third-order valence-corrected chi connectivity index (χ3v) is 6.13. The lowest BCUT2D eigenvalue weighted by Gasteiger charge is -2.37. The van der Waals surface area contributed by atoms with Gasteiger partial charge in [-0.3, -0.25) is 9.48 Å². The Hall–Kier alpha value is -2.26. The van der Waals surface area contributed by atoms with Gasteiger partial charge in [0.15, 0.2) is 9.84 Å². The summed E-state index contributed by atoms with van der Waals surface area (Å²) >= 11 is 0. The number of sulfone groups is 1. The van der Waals surface area contributed by atoms with Crippen molar-refractivity contribution in [2.75, 3.05) is 19.3 Å². The summed E-state index contributed by atoms with van der Waals surface area (Å²) in [6.07, 6.45) is 5.56. The standard InChI is InChI=1S/C18H23FN4O3S/c1-13(14-4-5-16(15(19)12-14)27(2,25)26)22-17(24)18(6-9-20-10-7-18)23-11-3-8-21-23/h3-5,8,11-13,20H,6-7,9-10H2,1-2H3,(H,22,24). The number of carbonyl (C=O) groups is 1. The molecule has 0 aliphatic carbocycles. The van der Waals surface area contributed by atoms with Crippen LogP contribution >= 0.6 is 0 Å². The minimum absolute atomic E-state index is 0.187. The van der Waals surface area contributed by atoms with Crippen molar-refractivity contribution in [3.63, 3.8) is 0 Å². The summed E-state index contributed by atoms with van der Waals surface area (Å²) in [5.41, 5.74) is -0.299. The number of amides is 1. The summed E-state index contributed by atoms with van der Waals surface area (Å²) < 4.78 is 39.0. The van der Waals surface area contributed by atoms with Gasteiger partial charge in [0.25, 0.3) is 0 Å². The van der Waals surface area contributed by atoms with Crippen molar-refractivity contribution in [1.82, 2.24) is 20.4 Å². The second-order valence-corrected chi connectivity index (χ2v) is 8.87. The molecule has 2 N–H and O–H groups in total. The third kappa shape index (κ3) is 3.89. The average molecular weight is 394 g/mol. The van der Waals surface area contributed by atoms with Crippen LogP contribution in [-0.4, -0.2) is 43.5 Å². The Morgan fingerprint density at radius 2 is 2.07 bits per heavy atom. The van der Waals surface area contributed by atoms with Crippen molar-refractivity contribution in [2.45, 2.75) is 36.2 Å². The van der Waals surface area contributed by atoms with Crippen molar-refractivity contribution >= 4 is 15.7 Å². The third-order valence-electron chi connectivity index (χ3n) is 5.00. The Morgan fingerprint density at radius 1 is 1.37 bits per heavy atom. The Balaban J connectivity index is 1.83. The molecule has 3 rings (SSSR count). The fraction of sp³-hybridized carbons (Fsp3) is 0.444. The van der Waals surface area contributed by atoms with Crippen LogP contribution in [0.15, 0.2) is 41.6 Å². The van der Waals surface area contributed by atoms with Crippen LogP contribution in [0.4, 0.5) is 4.39 Å². The van der Waals surface area contributed by atoms with E-state index in [1.165, 1.54) is 12.1 Å². The molecule has 1 amide bonds. The minimum Gasteiger partial charge on any atom is -0.347 e. The SMILES string of the molecule is CC(NC(=O)C1(n2cccn2)CCNCC1)c1ccc(S(C)(=O)=O)c(F)c1. The van der Waals surface area contributed by atoms with Crippen LogP contribution in [0.5, 0.6) is 0 Å². The molecular formula is C18H23FN4O3S. The van der Waals surface area contributed by atoms with Gasteiger partial charge in [0, 0.05) is 18.6 Å². The molecule has 27 heavy (non-hydrogen) atoms. The van der Waals surface area contributed by atoms with Crippen LogP contribution in [0.1, 0.15) is 31.4 Å². The average Bonchev–Trinajstić information content (AvgIpc) is 3.16. The lowest BCUT2D eigenvalue weighted by atomic mass is 9.87. The first-order valence-electron chi connectivity index (χ1n) is 8.75. The second-order valence-electron chi connectivity index (χ2n) is 6.89. The molecule has 1 aliphatic heterocycles. The van der Waals surface area contributed by atoms with E-state index in [4.69, 9.17) is 0 Å². The number of carbonyl (C=O) groups excluding carboxylic acids is 1. The summed E-state index contributed by atoms with van der Waals surface area (Å²) in [5, 5.41) is 10.4. The van der Waals surface area contributed by atoms with E-state index in [1.807, 2.05) is 0 Å². The zero-order valence-corrected chi connectivity index (χ0v) is 16.1. The summed E-state index contributed by atoms with van der Waals surface area (Å²) in [7, 11) is -3.64. The number of benzene rings is 1. The van der Waals surface area contributed by atoms with E-state index >= 15 is 0 Å². The first kappa shape index (κ1) is 19.5. The highest BCUT2D eigenvalue weighted by molar-refractivity contribution is 7.90. The highest BCUT2D eigenvalue weighted by Gasteiger charge is 2.42. The van der Waals surface area contributed by atoms with Gasteiger partial charge in [0.05, 0.1) is 6.04 Å². The number of aromatic nitrogens is 2. The van der Waals surface area contributed by atoms with Gasteiger partial charge in [-0.15, -0.1) is 0 Å². The molecule has 2 heterocycles. The van der Waals surface area contributed by atoms with Gasteiger partial charge in [0.2, 0.25) is 5.91 Å². The van der Waals surface area contributed by atoms with Crippen molar-refractivity contribution in [3.8, 4) is 0 Å². The zero-order valence-electron chi connectivity index (χ0n) is 15.3. The number of piperidine rings is 1. The van der Waals surface area contributed by atoms with Crippen molar-refractivity contribution < 1.29 is 17.6 Å². The van der Waals surface area contributed by atoms with E-state index in [0.29, 0.717) is 31.5 Å². The summed E-state index contributed by atoms with van der Waals surface area (Å²) in [5.74, 6) is -1.01. The number of hydrogen-bond acceptors (Lipinski definition) is 5. The molecule has 0 bridgehead atoms. The summed E-state index contributed by atoms with van der Waals surface area (Å²) in [4.78, 5) is 12.8. The van der Waals surface area contributed by atoms with Crippen LogP contribution in [0.2, 0.25) is 0 Å². The number of hydrogen-bond donors (Lipinski definition) is 2. The molecule has 2 aromatic rings. The maximum Gasteiger partial charge on any atom is 0.248 e. The van der Waals surface area contributed by atoms with Crippen molar-refractivity contribution in [3.05, 3.63) is 48.0 Å². The molecular weight excluding hydrogens is 371 g/mol. The van der Waals surface area contributed by atoms with Gasteiger partial charge < -0.3 is 10.6 Å². The maximum atomic E-state index is 14.2. The van der Waals surface area contributed by atoms with Crippen LogP contribution in [0.3, 0.4) is 0 Å². The molecule has 1 saturated heterocycles. The largest absolute Gasteiger partial charge is 0.347 e. The van der Waals surface area contributed by atoms with Crippen molar-refractivity contribution in [2.24, 2.45) is 0 Å². The first-order chi connectivity index (χ1) is 12.7. The van der Waals surface area contributed by atoms with E-state index in [0.717, 1.165) is 12.3 Å². The number of halogens is 1. The molecule has 146 valence electrons. The van der Waals surface area contributed by atoms with Gasteiger partial charge in [-0.1, -0.05) is 6.07 Å². The molecule has 0 radical (unpaired) electrons. The van der Waals surface area contributed by atoms with Crippen LogP contribution < -0.4 is 10.6 Å². The predicted octanol–water partition coefficient (Wildman–Crippen LogP) is 1.38. The number of nitrogens with one attached hydrogen (secondary N) is 2. The highest BCUT2D eigenvalue weighted by Crippen LogP contribution is 2.29. The summed E-state index contributed by atoms with van der Waals surface area (Å²) in [6.45, 7) is 3.13. The Kier molecular flexibility index (Phi) is 5.34. The fourth-order valence-corrected chi connectivity index (χ4v) is 4.15. The monoisotopic (exact) mass is 394 g/mol. The minimum atomic E-state index is -3.64. The van der Waals surface area contributed by atoms with Gasteiger partial charge in [-0.2, -0.15) is 5.10 Å². The fourth-order valence-electron chi connectivity index (χ4n) is 3.42. The highest BCUT2D eigenvalue weighted by atomic mass is 32.2. The zero-order chi connectivity index (χ0) is 19.7. The first-order valence-corrected chi connectivity index (χ1v) is 10.6. The van der Waals surface area contributed by atoms with E-state index < -0.39 is 27.2 Å². The molecule has 1 aromatic heterocycles. The Morgan fingerprint density at radius 3 is 2.63 bits per heavy atom. The van der Waals surface area contributed by atoms with E-state index in [-0.39, 0.29) is 10.8 Å². The lowest BCUT2D eigenvalue weighted by molar-refractivity contribution is -0.132. The van der Waals surface area contributed by atoms with Crippen LogP contribution in [-0.2, 0) is 20.2 Å². The second kappa shape index (κ2) is 7.40.